The van der Waals surface area contributed by atoms with Gasteiger partial charge in [0.05, 0.1) is 55.8 Å². The fourth-order valence-corrected chi connectivity index (χ4v) is 7.51. The normalized spacial score (nSPS) is 10.9. The second kappa shape index (κ2) is 26.0. The molecular weight excluding hydrogens is 1060 g/mol. The molecule has 0 amide bonds. The monoisotopic (exact) mass is 1100 g/mol. The van der Waals surface area contributed by atoms with Crippen molar-refractivity contribution in [1.29, 1.82) is 0 Å². The van der Waals surface area contributed by atoms with E-state index in [-0.39, 0.29) is 89.8 Å². The van der Waals surface area contributed by atoms with Gasteiger partial charge in [0.1, 0.15) is 64.5 Å². The van der Waals surface area contributed by atoms with Gasteiger partial charge in [-0.2, -0.15) is 0 Å². The molecule has 0 bridgehead atoms. The lowest BCUT2D eigenvalue weighted by Crippen LogP contribution is -2.31. The van der Waals surface area contributed by atoms with Crippen molar-refractivity contribution in [1.82, 2.24) is 0 Å². The molecule has 9 aromatic rings. The number of carbonyl (C=O) groups excluding carboxylic acids is 6. The van der Waals surface area contributed by atoms with Crippen LogP contribution < -0.4 is 45.3 Å². The zero-order valence-electron chi connectivity index (χ0n) is 42.4. The molecule has 3 heterocycles. The lowest BCUT2D eigenvalue weighted by Gasteiger charge is -2.18. The molecule has 6 aromatic carbocycles. The van der Waals surface area contributed by atoms with Gasteiger partial charge >= 0.3 is 52.7 Å². The number of benzene rings is 6. The summed E-state index contributed by atoms with van der Waals surface area (Å²) < 4.78 is 65.0. The van der Waals surface area contributed by atoms with Crippen LogP contribution in [0.5, 0.6) is 34.5 Å². The zero-order valence-corrected chi connectivity index (χ0v) is 42.4. The maximum Gasteiger partial charge on any atom is 0.343 e. The minimum Gasteiger partial charge on any atom is -0.493 e. The van der Waals surface area contributed by atoms with Crippen molar-refractivity contribution >= 4 is 68.7 Å². The first kappa shape index (κ1) is 54.9. The van der Waals surface area contributed by atoms with Gasteiger partial charge < -0.3 is 55.9 Å². The smallest absolute Gasteiger partial charge is 0.343 e. The van der Waals surface area contributed by atoms with Gasteiger partial charge in [-0.3, -0.25) is 14.4 Å². The number of fused-ring (bicyclic) bond motifs is 3. The molecule has 0 saturated carbocycles. The molecule has 81 heavy (non-hydrogen) atoms. The Bertz CT molecular complexity index is 3780. The van der Waals surface area contributed by atoms with Crippen LogP contribution in [0.3, 0.4) is 0 Å². The Morgan fingerprint density at radius 2 is 0.630 bits per heavy atom. The molecule has 21 heteroatoms. The predicted molar refractivity (Wildman–Crippen MR) is 284 cm³/mol. The molecule has 0 fully saturated rings. The number of hydrogen-bond acceptors (Lipinski definition) is 21. The van der Waals surface area contributed by atoms with E-state index in [9.17, 15) is 43.2 Å². The largest absolute Gasteiger partial charge is 0.493 e. The summed E-state index contributed by atoms with van der Waals surface area (Å²) in [7, 11) is 0. The SMILES string of the molecule is O=C(CCOc1ccc(C(=O)Oc2ccc3ccc(=O)oc3c2)cc1)OCC(COC(=O)CCOc1ccc(C(=O)Oc2ccc3ccc(=O)oc3c2)cc1)OC(=O)CCOc1ccc(C(=O)Oc2ccc3ccc(=O)oc3c2)cc1. The van der Waals surface area contributed by atoms with Crippen LogP contribution in [-0.2, 0) is 28.6 Å². The number of esters is 6. The quantitative estimate of drug-likeness (QED) is 0.0252. The van der Waals surface area contributed by atoms with Crippen LogP contribution >= 0.6 is 0 Å². The van der Waals surface area contributed by atoms with Gasteiger partial charge in [0.15, 0.2) is 6.10 Å². The van der Waals surface area contributed by atoms with Gasteiger partial charge in [-0.1, -0.05) is 0 Å². The predicted octanol–water partition coefficient (Wildman–Crippen LogP) is 8.37. The summed E-state index contributed by atoms with van der Waals surface area (Å²) in [6.07, 6.45) is -2.04. The van der Waals surface area contributed by atoms with E-state index < -0.39 is 72.0 Å². The van der Waals surface area contributed by atoms with Gasteiger partial charge in [0, 0.05) is 52.6 Å². The summed E-state index contributed by atoms with van der Waals surface area (Å²) in [6.45, 7) is -1.48. The van der Waals surface area contributed by atoms with Crippen LogP contribution in [0.4, 0.5) is 0 Å². The van der Waals surface area contributed by atoms with Crippen molar-refractivity contribution in [2.24, 2.45) is 0 Å². The standard InChI is InChI=1S/C60H44O21/c61-52(25-28-70-42-13-4-39(5-14-42)58(67)76-45-19-1-36-10-22-54(63)79-49(36)31-45)73-34-48(75-57(66)27-30-72-44-17-8-41(9-18-44)60(69)78-47-21-3-38-12-24-56(65)81-51(38)33-47)35-74-53(62)26-29-71-43-15-6-40(7-16-43)59(68)77-46-20-2-37-11-23-55(64)80-50(37)32-46/h1-24,31-33,48H,25-30,34-35H2. The van der Waals surface area contributed by atoms with Crippen LogP contribution in [0.25, 0.3) is 32.9 Å². The number of rotatable bonds is 23. The molecule has 3 aromatic heterocycles. The van der Waals surface area contributed by atoms with Crippen molar-refractivity contribution in [2.75, 3.05) is 33.0 Å². The van der Waals surface area contributed by atoms with Crippen LogP contribution in [0, 0.1) is 0 Å². The highest BCUT2D eigenvalue weighted by atomic mass is 16.6. The first-order chi connectivity index (χ1) is 39.2. The summed E-state index contributed by atoms with van der Waals surface area (Å²) >= 11 is 0. The minimum atomic E-state index is -1.25. The number of hydrogen-bond donors (Lipinski definition) is 0. The summed E-state index contributed by atoms with van der Waals surface area (Å²) in [5, 5.41) is 1.94. The lowest BCUT2D eigenvalue weighted by molar-refractivity contribution is -0.167. The molecule has 0 atom stereocenters. The summed E-state index contributed by atoms with van der Waals surface area (Å²) in [6, 6.07) is 40.2. The van der Waals surface area contributed by atoms with Crippen molar-refractivity contribution in [2.45, 2.75) is 25.4 Å². The minimum absolute atomic E-state index is 0.144. The van der Waals surface area contributed by atoms with Gasteiger partial charge in [0.2, 0.25) is 0 Å². The highest BCUT2D eigenvalue weighted by molar-refractivity contribution is 5.93. The van der Waals surface area contributed by atoms with E-state index >= 15 is 0 Å². The van der Waals surface area contributed by atoms with E-state index in [0.29, 0.717) is 33.4 Å². The first-order valence-electron chi connectivity index (χ1n) is 24.7. The Balaban J connectivity index is 0.732. The maximum absolute atomic E-state index is 13.0. The van der Waals surface area contributed by atoms with Gasteiger partial charge in [0.25, 0.3) is 0 Å². The second-order valence-electron chi connectivity index (χ2n) is 17.4. The van der Waals surface area contributed by atoms with Crippen LogP contribution in [0.1, 0.15) is 50.3 Å². The van der Waals surface area contributed by atoms with E-state index in [4.69, 9.17) is 55.9 Å². The number of carbonyl (C=O) groups is 6. The summed E-state index contributed by atoms with van der Waals surface area (Å²) in [4.78, 5) is 112. The van der Waals surface area contributed by atoms with Crippen LogP contribution in [-0.4, -0.2) is 75.0 Å². The summed E-state index contributed by atoms with van der Waals surface area (Å²) in [5.74, 6) is -2.90. The molecule has 0 unspecified atom stereocenters. The highest BCUT2D eigenvalue weighted by Crippen LogP contribution is 2.25. The van der Waals surface area contributed by atoms with E-state index in [1.807, 2.05) is 0 Å². The molecule has 0 radical (unpaired) electrons. The fourth-order valence-electron chi connectivity index (χ4n) is 7.51. The topological polar surface area (TPSA) is 276 Å². The van der Waals surface area contributed by atoms with Crippen molar-refractivity contribution in [3.8, 4) is 34.5 Å². The average Bonchev–Trinajstić information content (AvgIpc) is 3.51. The second-order valence-corrected chi connectivity index (χ2v) is 17.4. The molecule has 0 N–H and O–H groups in total. The Hall–Kier alpha value is -10.8. The molecule has 410 valence electrons. The molecule has 0 saturated heterocycles. The zero-order chi connectivity index (χ0) is 56.7. The number of ether oxygens (including phenoxy) is 9. The Morgan fingerprint density at radius 3 is 0.951 bits per heavy atom. The van der Waals surface area contributed by atoms with Gasteiger partial charge in [-0.05, 0) is 127 Å². The van der Waals surface area contributed by atoms with Crippen LogP contribution in [0.2, 0.25) is 0 Å². The fraction of sp³-hybridized carbons (Fsp3) is 0.150. The molecule has 0 spiro atoms. The molecule has 0 aliphatic carbocycles. The Morgan fingerprint density at radius 1 is 0.346 bits per heavy atom. The van der Waals surface area contributed by atoms with Gasteiger partial charge in [-0.15, -0.1) is 0 Å². The van der Waals surface area contributed by atoms with E-state index in [1.165, 1.54) is 109 Å². The van der Waals surface area contributed by atoms with Crippen molar-refractivity contribution in [3.05, 3.63) is 212 Å². The molecule has 9 rings (SSSR count). The van der Waals surface area contributed by atoms with E-state index in [1.54, 1.807) is 54.6 Å². The molecule has 0 aliphatic heterocycles. The first-order valence-corrected chi connectivity index (χ1v) is 24.7. The maximum atomic E-state index is 13.0. The third-order valence-corrected chi connectivity index (χ3v) is 11.6. The van der Waals surface area contributed by atoms with Crippen LogP contribution in [0.15, 0.2) is 191 Å². The third kappa shape index (κ3) is 15.7. The molecular formula is C60H44O21. The van der Waals surface area contributed by atoms with E-state index in [0.717, 1.165) is 0 Å². The lowest BCUT2D eigenvalue weighted by atomic mass is 10.2. The van der Waals surface area contributed by atoms with Gasteiger partial charge in [-0.25, -0.2) is 28.8 Å². The Labute approximate surface area is 456 Å². The van der Waals surface area contributed by atoms with E-state index in [2.05, 4.69) is 0 Å². The summed E-state index contributed by atoms with van der Waals surface area (Å²) in [5.41, 5.74) is -0.334. The molecule has 21 nitrogen and oxygen atoms in total. The third-order valence-electron chi connectivity index (χ3n) is 11.6. The van der Waals surface area contributed by atoms with Crippen molar-refractivity contribution in [3.63, 3.8) is 0 Å². The Kier molecular flexibility index (Phi) is 17.6. The van der Waals surface area contributed by atoms with Crippen molar-refractivity contribution < 1.29 is 84.7 Å². The average molecular weight is 1100 g/mol. The highest BCUT2D eigenvalue weighted by Gasteiger charge is 2.21. The molecule has 0 aliphatic rings.